The molecule has 0 aliphatic heterocycles. The van der Waals surface area contributed by atoms with Crippen LogP contribution in [0.5, 0.6) is 0 Å². The van der Waals surface area contributed by atoms with Crippen LogP contribution in [-0.2, 0) is 0 Å². The third-order valence-electron chi connectivity index (χ3n) is 1.54. The first-order valence-corrected chi connectivity index (χ1v) is 4.67. The van der Waals surface area contributed by atoms with Crippen LogP contribution >= 0.6 is 27.5 Å². The largest absolute Gasteiger partial charge is 0.319 e. The lowest BCUT2D eigenvalue weighted by Gasteiger charge is -2.11. The third kappa shape index (κ3) is 2.90. The highest BCUT2D eigenvalue weighted by atomic mass is 79.9. The van der Waals surface area contributed by atoms with E-state index < -0.39 is 12.5 Å². The zero-order chi connectivity index (χ0) is 10.0. The van der Waals surface area contributed by atoms with Gasteiger partial charge in [-0.25, -0.2) is 8.78 Å². The van der Waals surface area contributed by atoms with Crippen LogP contribution in [0.4, 0.5) is 8.78 Å². The van der Waals surface area contributed by atoms with Crippen LogP contribution < -0.4 is 5.73 Å². The number of benzene rings is 1. The summed E-state index contributed by atoms with van der Waals surface area (Å²) in [6.45, 7) is 0. The van der Waals surface area contributed by atoms with Crippen LogP contribution in [0.1, 0.15) is 11.6 Å². The van der Waals surface area contributed by atoms with Crippen molar-refractivity contribution in [1.29, 1.82) is 0 Å². The van der Waals surface area contributed by atoms with E-state index in [4.69, 9.17) is 17.3 Å². The van der Waals surface area contributed by atoms with Gasteiger partial charge in [-0.15, -0.1) is 0 Å². The highest BCUT2D eigenvalue weighted by molar-refractivity contribution is 9.10. The monoisotopic (exact) mass is 269 g/mol. The van der Waals surface area contributed by atoms with Gasteiger partial charge in [0.25, 0.3) is 6.43 Å². The van der Waals surface area contributed by atoms with E-state index in [9.17, 15) is 8.78 Å². The van der Waals surface area contributed by atoms with Crippen molar-refractivity contribution in [2.24, 2.45) is 5.73 Å². The minimum atomic E-state index is -2.58. The van der Waals surface area contributed by atoms with Gasteiger partial charge < -0.3 is 5.73 Å². The maximum Gasteiger partial charge on any atom is 0.257 e. The van der Waals surface area contributed by atoms with Gasteiger partial charge in [0.05, 0.1) is 6.04 Å². The lowest BCUT2D eigenvalue weighted by molar-refractivity contribution is 0.116. The first-order valence-electron chi connectivity index (χ1n) is 3.50. The zero-order valence-electron chi connectivity index (χ0n) is 6.48. The molecule has 0 saturated heterocycles. The number of alkyl halides is 2. The van der Waals surface area contributed by atoms with Gasteiger partial charge in [0.2, 0.25) is 0 Å². The summed E-state index contributed by atoms with van der Waals surface area (Å²) < 4.78 is 25.0. The van der Waals surface area contributed by atoms with Gasteiger partial charge in [-0.1, -0.05) is 27.5 Å². The lowest BCUT2D eigenvalue weighted by Crippen LogP contribution is -2.18. The van der Waals surface area contributed by atoms with Gasteiger partial charge in [0, 0.05) is 9.50 Å². The maximum absolute atomic E-state index is 12.2. The molecule has 0 amide bonds. The molecule has 13 heavy (non-hydrogen) atoms. The minimum absolute atomic E-state index is 0.328. The Morgan fingerprint density at radius 1 is 1.31 bits per heavy atom. The smallest absolute Gasteiger partial charge is 0.257 e. The lowest BCUT2D eigenvalue weighted by atomic mass is 10.1. The Hall–Kier alpha value is -0.190. The second-order valence-corrected chi connectivity index (χ2v) is 3.92. The van der Waals surface area contributed by atoms with E-state index in [1.807, 2.05) is 0 Å². The average Bonchev–Trinajstić information content (AvgIpc) is 2.01. The minimum Gasteiger partial charge on any atom is -0.319 e. The van der Waals surface area contributed by atoms with Crippen LogP contribution in [0.15, 0.2) is 22.7 Å². The molecule has 1 atom stereocenters. The summed E-state index contributed by atoms with van der Waals surface area (Å²) in [5.74, 6) is 0. The zero-order valence-corrected chi connectivity index (χ0v) is 8.82. The molecule has 1 unspecified atom stereocenters. The Morgan fingerprint density at radius 2 is 1.92 bits per heavy atom. The predicted octanol–water partition coefficient (Wildman–Crippen LogP) is 3.37. The molecule has 0 fully saturated rings. The highest BCUT2D eigenvalue weighted by Crippen LogP contribution is 2.25. The van der Waals surface area contributed by atoms with E-state index in [0.717, 1.165) is 0 Å². The summed E-state index contributed by atoms with van der Waals surface area (Å²) in [5.41, 5.74) is 5.57. The molecule has 0 heterocycles. The van der Waals surface area contributed by atoms with E-state index in [0.29, 0.717) is 15.1 Å². The Kier molecular flexibility index (Phi) is 3.64. The van der Waals surface area contributed by atoms with Crippen molar-refractivity contribution in [2.75, 3.05) is 0 Å². The van der Waals surface area contributed by atoms with Crippen molar-refractivity contribution in [1.82, 2.24) is 0 Å². The van der Waals surface area contributed by atoms with Gasteiger partial charge in [-0.2, -0.15) is 0 Å². The topological polar surface area (TPSA) is 26.0 Å². The van der Waals surface area contributed by atoms with Crippen molar-refractivity contribution < 1.29 is 8.78 Å². The van der Waals surface area contributed by atoms with E-state index in [1.165, 1.54) is 12.1 Å². The molecule has 1 aromatic carbocycles. The molecule has 0 radical (unpaired) electrons. The van der Waals surface area contributed by atoms with Crippen molar-refractivity contribution >= 4 is 27.5 Å². The van der Waals surface area contributed by atoms with E-state index in [1.54, 1.807) is 6.07 Å². The first-order chi connectivity index (χ1) is 6.00. The Bertz CT molecular complexity index is 286. The molecule has 0 saturated carbocycles. The number of rotatable bonds is 2. The van der Waals surface area contributed by atoms with Crippen LogP contribution in [0, 0.1) is 0 Å². The van der Waals surface area contributed by atoms with Crippen LogP contribution in [-0.4, -0.2) is 6.43 Å². The average molecular weight is 271 g/mol. The second kappa shape index (κ2) is 4.35. The fourth-order valence-corrected chi connectivity index (χ4v) is 1.80. The van der Waals surface area contributed by atoms with Gasteiger partial charge in [0.15, 0.2) is 0 Å². The molecule has 1 nitrogen and oxygen atoms in total. The third-order valence-corrected chi connectivity index (χ3v) is 2.22. The van der Waals surface area contributed by atoms with Gasteiger partial charge in [-0.3, -0.25) is 0 Å². The van der Waals surface area contributed by atoms with Crippen molar-refractivity contribution in [3.63, 3.8) is 0 Å². The summed E-state index contributed by atoms with van der Waals surface area (Å²) in [7, 11) is 0. The molecule has 1 aromatic rings. The summed E-state index contributed by atoms with van der Waals surface area (Å²) in [4.78, 5) is 0. The summed E-state index contributed by atoms with van der Waals surface area (Å²) in [6, 6.07) is 3.30. The molecule has 0 aliphatic rings. The summed E-state index contributed by atoms with van der Waals surface area (Å²) in [6.07, 6.45) is -2.58. The Balaban J connectivity index is 3.01. The maximum atomic E-state index is 12.2. The van der Waals surface area contributed by atoms with Crippen molar-refractivity contribution in [3.05, 3.63) is 33.3 Å². The quantitative estimate of drug-likeness (QED) is 0.876. The van der Waals surface area contributed by atoms with Crippen LogP contribution in [0.25, 0.3) is 0 Å². The standard InChI is InChI=1S/C8H7BrClF2N/c9-5-1-4(2-6(10)3-5)7(13)8(11)12/h1-3,7-8H,13H2. The van der Waals surface area contributed by atoms with Crippen LogP contribution in [0.3, 0.4) is 0 Å². The molecule has 0 aromatic heterocycles. The van der Waals surface area contributed by atoms with Crippen molar-refractivity contribution in [2.45, 2.75) is 12.5 Å². The van der Waals surface area contributed by atoms with Crippen molar-refractivity contribution in [3.8, 4) is 0 Å². The second-order valence-electron chi connectivity index (χ2n) is 2.56. The predicted molar refractivity (Wildman–Crippen MR) is 52.1 cm³/mol. The Labute approximate surface area is 88.0 Å². The number of nitrogens with two attached hydrogens (primary N) is 1. The molecular formula is C8H7BrClF2N. The normalized spacial score (nSPS) is 13.4. The fraction of sp³-hybridized carbons (Fsp3) is 0.250. The molecule has 0 aliphatic carbocycles. The fourth-order valence-electron chi connectivity index (χ4n) is 0.913. The van der Waals surface area contributed by atoms with Gasteiger partial charge in [-0.05, 0) is 23.8 Å². The Morgan fingerprint density at radius 3 is 2.38 bits per heavy atom. The molecular weight excluding hydrogens is 263 g/mol. The molecule has 0 bridgehead atoms. The van der Waals surface area contributed by atoms with E-state index >= 15 is 0 Å². The van der Waals surface area contributed by atoms with Gasteiger partial charge >= 0.3 is 0 Å². The highest BCUT2D eigenvalue weighted by Gasteiger charge is 2.17. The molecule has 0 spiro atoms. The first kappa shape index (κ1) is 10.9. The summed E-state index contributed by atoms with van der Waals surface area (Å²) >= 11 is 8.81. The number of hydrogen-bond donors (Lipinski definition) is 1. The number of hydrogen-bond acceptors (Lipinski definition) is 1. The van der Waals surface area contributed by atoms with E-state index in [-0.39, 0.29) is 0 Å². The number of halogens is 4. The SMILES string of the molecule is NC(c1cc(Cl)cc(Br)c1)C(F)F. The van der Waals surface area contributed by atoms with Crippen LogP contribution in [0.2, 0.25) is 5.02 Å². The molecule has 2 N–H and O–H groups in total. The van der Waals surface area contributed by atoms with E-state index in [2.05, 4.69) is 15.9 Å². The van der Waals surface area contributed by atoms with Gasteiger partial charge in [0.1, 0.15) is 0 Å². The molecule has 1 rings (SSSR count). The molecule has 5 heteroatoms. The molecule has 72 valence electrons. The summed E-state index contributed by atoms with van der Waals surface area (Å²) in [5, 5.41) is 0.389.